The molecule has 5 nitrogen and oxygen atoms in total. The second-order valence-corrected chi connectivity index (χ2v) is 6.41. The van der Waals surface area contributed by atoms with Gasteiger partial charge in [-0.05, 0) is 32.5 Å². The molecule has 0 unspecified atom stereocenters. The summed E-state index contributed by atoms with van der Waals surface area (Å²) in [5, 5.41) is 4.28. The van der Waals surface area contributed by atoms with Crippen molar-refractivity contribution in [2.75, 3.05) is 26.7 Å². The summed E-state index contributed by atoms with van der Waals surface area (Å²) in [6.07, 6.45) is 1.71. The Morgan fingerprint density at radius 2 is 1.91 bits per heavy atom. The Labute approximate surface area is 137 Å². The predicted molar refractivity (Wildman–Crippen MR) is 90.3 cm³/mol. The zero-order chi connectivity index (χ0) is 16.4. The van der Waals surface area contributed by atoms with E-state index in [0.717, 1.165) is 13.1 Å². The number of hydrogen-bond acceptors (Lipinski definition) is 3. The molecule has 5 heteroatoms. The minimum Gasteiger partial charge on any atom is -0.334 e. The molecule has 1 saturated heterocycles. The van der Waals surface area contributed by atoms with Crippen LogP contribution in [0.2, 0.25) is 0 Å². The van der Waals surface area contributed by atoms with Crippen LogP contribution in [0.5, 0.6) is 0 Å². The number of aromatic nitrogens is 2. The first kappa shape index (κ1) is 15.7. The molecule has 1 aliphatic heterocycles. The quantitative estimate of drug-likeness (QED) is 0.875. The number of piperazine rings is 1. The fraction of sp³-hybridized carbons (Fsp3) is 0.444. The Morgan fingerprint density at radius 1 is 1.17 bits per heavy atom. The number of amides is 1. The smallest absolute Gasteiger partial charge is 0.272 e. The van der Waals surface area contributed by atoms with Crippen LogP contribution in [0.3, 0.4) is 0 Å². The second-order valence-electron chi connectivity index (χ2n) is 6.41. The van der Waals surface area contributed by atoms with Crippen LogP contribution in [0.4, 0.5) is 0 Å². The number of carbonyl (C=O) groups is 1. The highest BCUT2D eigenvalue weighted by molar-refractivity contribution is 5.92. The van der Waals surface area contributed by atoms with Gasteiger partial charge in [-0.15, -0.1) is 0 Å². The highest BCUT2D eigenvalue weighted by Gasteiger charge is 2.30. The first-order valence-electron chi connectivity index (χ1n) is 8.16. The average Bonchev–Trinajstić information content (AvgIpc) is 3.05. The number of rotatable bonds is 3. The summed E-state index contributed by atoms with van der Waals surface area (Å²) in [7, 11) is 2.12. The van der Waals surface area contributed by atoms with E-state index in [4.69, 9.17) is 0 Å². The molecule has 0 aliphatic carbocycles. The molecule has 2 heterocycles. The normalized spacial score (nSPS) is 19.3. The van der Waals surface area contributed by atoms with Crippen molar-refractivity contribution in [3.63, 3.8) is 0 Å². The van der Waals surface area contributed by atoms with Crippen molar-refractivity contribution in [3.8, 4) is 0 Å². The highest BCUT2D eigenvalue weighted by Crippen LogP contribution is 2.25. The third kappa shape index (κ3) is 3.15. The van der Waals surface area contributed by atoms with E-state index in [1.807, 2.05) is 30.9 Å². The van der Waals surface area contributed by atoms with Crippen LogP contribution in [-0.4, -0.2) is 52.2 Å². The molecule has 1 aromatic heterocycles. The molecule has 1 atom stereocenters. The van der Waals surface area contributed by atoms with Crippen molar-refractivity contribution in [1.82, 2.24) is 19.6 Å². The van der Waals surface area contributed by atoms with E-state index in [0.29, 0.717) is 12.2 Å². The van der Waals surface area contributed by atoms with Crippen molar-refractivity contribution in [1.29, 1.82) is 0 Å². The molecule has 1 aromatic carbocycles. The van der Waals surface area contributed by atoms with Crippen LogP contribution >= 0.6 is 0 Å². The van der Waals surface area contributed by atoms with Crippen LogP contribution < -0.4 is 0 Å². The molecule has 122 valence electrons. The van der Waals surface area contributed by atoms with Crippen molar-refractivity contribution >= 4 is 5.91 Å². The number of likely N-dealkylation sites (N-methyl/N-ethyl adjacent to an activating group) is 1. The molecular formula is C18H24N4O. The van der Waals surface area contributed by atoms with Crippen molar-refractivity contribution in [2.45, 2.75) is 25.9 Å². The lowest BCUT2D eigenvalue weighted by Crippen LogP contribution is -2.49. The Kier molecular flexibility index (Phi) is 4.48. The Balaban J connectivity index is 1.81. The number of nitrogens with zero attached hydrogens (tertiary/aromatic N) is 4. The SMILES string of the molecule is CC(C)n1nccc1C(=O)N1CCN(C)[C@H](c2ccccc2)C1. The molecule has 0 radical (unpaired) electrons. The maximum absolute atomic E-state index is 12.9. The highest BCUT2D eigenvalue weighted by atomic mass is 16.2. The number of hydrogen-bond donors (Lipinski definition) is 0. The van der Waals surface area contributed by atoms with Gasteiger partial charge >= 0.3 is 0 Å². The van der Waals surface area contributed by atoms with E-state index in [-0.39, 0.29) is 18.0 Å². The van der Waals surface area contributed by atoms with Gasteiger partial charge in [-0.3, -0.25) is 14.4 Å². The molecule has 0 bridgehead atoms. The first-order chi connectivity index (χ1) is 11.1. The van der Waals surface area contributed by atoms with E-state index in [9.17, 15) is 4.79 Å². The van der Waals surface area contributed by atoms with Crippen molar-refractivity contribution < 1.29 is 4.79 Å². The molecule has 2 aromatic rings. The van der Waals surface area contributed by atoms with Crippen LogP contribution in [-0.2, 0) is 0 Å². The van der Waals surface area contributed by atoms with Gasteiger partial charge in [0.2, 0.25) is 0 Å². The molecular weight excluding hydrogens is 288 g/mol. The average molecular weight is 312 g/mol. The van der Waals surface area contributed by atoms with E-state index in [1.165, 1.54) is 5.56 Å². The maximum Gasteiger partial charge on any atom is 0.272 e. The van der Waals surface area contributed by atoms with Gasteiger partial charge in [0.25, 0.3) is 5.91 Å². The summed E-state index contributed by atoms with van der Waals surface area (Å²) < 4.78 is 1.80. The van der Waals surface area contributed by atoms with Gasteiger partial charge in [0.15, 0.2) is 0 Å². The van der Waals surface area contributed by atoms with Crippen molar-refractivity contribution in [2.24, 2.45) is 0 Å². The van der Waals surface area contributed by atoms with Gasteiger partial charge in [-0.25, -0.2) is 0 Å². The third-order valence-electron chi connectivity index (χ3n) is 4.50. The second kappa shape index (κ2) is 6.54. The lowest BCUT2D eigenvalue weighted by molar-refractivity contribution is 0.0533. The van der Waals surface area contributed by atoms with Crippen LogP contribution in [0.15, 0.2) is 42.6 Å². The van der Waals surface area contributed by atoms with Gasteiger partial charge in [-0.1, -0.05) is 30.3 Å². The molecule has 0 N–H and O–H groups in total. The summed E-state index contributed by atoms with van der Waals surface area (Å²) in [6.45, 7) is 6.42. The fourth-order valence-electron chi connectivity index (χ4n) is 3.15. The summed E-state index contributed by atoms with van der Waals surface area (Å²) in [4.78, 5) is 17.2. The summed E-state index contributed by atoms with van der Waals surface area (Å²) in [5.74, 6) is 0.0743. The summed E-state index contributed by atoms with van der Waals surface area (Å²) >= 11 is 0. The lowest BCUT2D eigenvalue weighted by Gasteiger charge is -2.39. The fourth-order valence-corrected chi connectivity index (χ4v) is 3.15. The monoisotopic (exact) mass is 312 g/mol. The van der Waals surface area contributed by atoms with Gasteiger partial charge in [0.1, 0.15) is 5.69 Å². The standard InChI is InChI=1S/C18H24N4O/c1-14(2)22-16(9-10-19-22)18(23)21-12-11-20(3)17(13-21)15-7-5-4-6-8-15/h4-10,14,17H,11-13H2,1-3H3/t17-/m0/s1. The molecule has 23 heavy (non-hydrogen) atoms. The Bertz CT molecular complexity index is 665. The number of benzene rings is 1. The number of carbonyl (C=O) groups excluding carboxylic acids is 1. The summed E-state index contributed by atoms with van der Waals surface area (Å²) in [5.41, 5.74) is 1.93. The largest absolute Gasteiger partial charge is 0.334 e. The topological polar surface area (TPSA) is 41.4 Å². The van der Waals surface area contributed by atoms with E-state index in [2.05, 4.69) is 41.3 Å². The molecule has 0 spiro atoms. The zero-order valence-electron chi connectivity index (χ0n) is 14.0. The van der Waals surface area contributed by atoms with Gasteiger partial charge in [0.05, 0.1) is 6.04 Å². The Hall–Kier alpha value is -2.14. The van der Waals surface area contributed by atoms with Gasteiger partial charge < -0.3 is 4.90 Å². The van der Waals surface area contributed by atoms with Gasteiger partial charge in [-0.2, -0.15) is 5.10 Å². The van der Waals surface area contributed by atoms with Crippen LogP contribution in [0.25, 0.3) is 0 Å². The van der Waals surface area contributed by atoms with Crippen LogP contribution in [0, 0.1) is 0 Å². The maximum atomic E-state index is 12.9. The first-order valence-corrected chi connectivity index (χ1v) is 8.16. The third-order valence-corrected chi connectivity index (χ3v) is 4.50. The minimum absolute atomic E-state index is 0.0743. The molecule has 1 fully saturated rings. The zero-order valence-corrected chi connectivity index (χ0v) is 14.0. The van der Waals surface area contributed by atoms with Crippen LogP contribution in [0.1, 0.15) is 42.0 Å². The molecule has 0 saturated carbocycles. The lowest BCUT2D eigenvalue weighted by atomic mass is 10.0. The minimum atomic E-state index is 0.0743. The van der Waals surface area contributed by atoms with E-state index in [1.54, 1.807) is 10.9 Å². The Morgan fingerprint density at radius 3 is 2.61 bits per heavy atom. The predicted octanol–water partition coefficient (Wildman–Crippen LogP) is 2.59. The van der Waals surface area contributed by atoms with E-state index >= 15 is 0 Å². The molecule has 1 aliphatic rings. The molecule has 1 amide bonds. The summed E-state index contributed by atoms with van der Waals surface area (Å²) in [6, 6.07) is 12.6. The van der Waals surface area contributed by atoms with Gasteiger partial charge in [0, 0.05) is 31.9 Å². The molecule has 3 rings (SSSR count). The van der Waals surface area contributed by atoms with Crippen molar-refractivity contribution in [3.05, 3.63) is 53.9 Å². The van der Waals surface area contributed by atoms with E-state index < -0.39 is 0 Å².